The van der Waals surface area contributed by atoms with Crippen molar-refractivity contribution < 1.29 is 22.7 Å². The molecule has 1 atom stereocenters. The number of rotatable bonds is 12. The van der Waals surface area contributed by atoms with Crippen LogP contribution in [0.25, 0.3) is 0 Å². The van der Waals surface area contributed by atoms with E-state index in [1.807, 2.05) is 6.92 Å². The van der Waals surface area contributed by atoms with Crippen LogP contribution >= 0.6 is 34.8 Å². The average Bonchev–Trinajstić information content (AvgIpc) is 2.94. The lowest BCUT2D eigenvalue weighted by atomic mass is 10.1. The van der Waals surface area contributed by atoms with Gasteiger partial charge >= 0.3 is 0 Å². The summed E-state index contributed by atoms with van der Waals surface area (Å²) in [6.07, 6.45) is 0.702. The van der Waals surface area contributed by atoms with Crippen molar-refractivity contribution in [2.24, 2.45) is 0 Å². The van der Waals surface area contributed by atoms with Crippen LogP contribution in [0.5, 0.6) is 5.75 Å². The molecular formula is C28H30Cl3N3O5S. The highest BCUT2D eigenvalue weighted by atomic mass is 35.5. The van der Waals surface area contributed by atoms with E-state index < -0.39 is 34.4 Å². The lowest BCUT2D eigenvalue weighted by Crippen LogP contribution is -2.51. The molecule has 0 fully saturated rings. The molecule has 0 saturated carbocycles. The predicted molar refractivity (Wildman–Crippen MR) is 159 cm³/mol. The lowest BCUT2D eigenvalue weighted by molar-refractivity contribution is -0.139. The number of carbonyl (C=O) groups excluding carboxylic acids is 2. The van der Waals surface area contributed by atoms with E-state index in [2.05, 4.69) is 5.32 Å². The molecule has 0 aliphatic heterocycles. The molecule has 8 nitrogen and oxygen atoms in total. The molecule has 214 valence electrons. The van der Waals surface area contributed by atoms with E-state index in [0.29, 0.717) is 39.3 Å². The van der Waals surface area contributed by atoms with Crippen LogP contribution in [0, 0.1) is 0 Å². The van der Waals surface area contributed by atoms with E-state index in [1.54, 1.807) is 25.1 Å². The van der Waals surface area contributed by atoms with E-state index >= 15 is 0 Å². The summed E-state index contributed by atoms with van der Waals surface area (Å²) in [5.41, 5.74) is 0.651. The molecule has 1 N–H and O–H groups in total. The minimum atomic E-state index is -4.24. The fourth-order valence-corrected chi connectivity index (χ4v) is 5.90. The van der Waals surface area contributed by atoms with Gasteiger partial charge in [0.05, 0.1) is 17.7 Å². The molecule has 3 aromatic carbocycles. The molecule has 0 saturated heterocycles. The van der Waals surface area contributed by atoms with Crippen molar-refractivity contribution in [1.29, 1.82) is 0 Å². The monoisotopic (exact) mass is 625 g/mol. The summed E-state index contributed by atoms with van der Waals surface area (Å²) < 4.78 is 33.8. The summed E-state index contributed by atoms with van der Waals surface area (Å²) in [4.78, 5) is 28.1. The minimum Gasteiger partial charge on any atom is -0.497 e. The highest BCUT2D eigenvalue weighted by Gasteiger charge is 2.33. The van der Waals surface area contributed by atoms with Crippen LogP contribution in [0.4, 0.5) is 5.69 Å². The Morgan fingerprint density at radius 3 is 2.10 bits per heavy atom. The van der Waals surface area contributed by atoms with Crippen molar-refractivity contribution in [2.45, 2.75) is 37.8 Å². The van der Waals surface area contributed by atoms with Gasteiger partial charge in [0.2, 0.25) is 11.8 Å². The van der Waals surface area contributed by atoms with Gasteiger partial charge in [0.1, 0.15) is 18.3 Å². The normalized spacial score (nSPS) is 11.9. The number of nitrogens with zero attached hydrogens (tertiary/aromatic N) is 2. The summed E-state index contributed by atoms with van der Waals surface area (Å²) in [5.74, 6) is -0.556. The number of methoxy groups -OCH3 is 1. The van der Waals surface area contributed by atoms with Crippen molar-refractivity contribution in [3.8, 4) is 5.75 Å². The topological polar surface area (TPSA) is 96.0 Å². The Bertz CT molecular complexity index is 1410. The molecule has 0 aliphatic rings. The number of carbonyl (C=O) groups is 2. The number of anilines is 1. The Morgan fingerprint density at radius 2 is 1.55 bits per heavy atom. The first-order chi connectivity index (χ1) is 19.0. The zero-order valence-electron chi connectivity index (χ0n) is 22.2. The van der Waals surface area contributed by atoms with Gasteiger partial charge in [-0.15, -0.1) is 0 Å². The lowest BCUT2D eigenvalue weighted by Gasteiger charge is -2.32. The molecule has 0 bridgehead atoms. The molecule has 3 aromatic rings. The Hall–Kier alpha value is -2.98. The predicted octanol–water partition coefficient (Wildman–Crippen LogP) is 5.79. The smallest absolute Gasteiger partial charge is 0.264 e. The zero-order valence-corrected chi connectivity index (χ0v) is 25.3. The largest absolute Gasteiger partial charge is 0.497 e. The maximum absolute atomic E-state index is 13.9. The van der Waals surface area contributed by atoms with Crippen LogP contribution < -0.4 is 14.4 Å². The second-order valence-corrected chi connectivity index (χ2v) is 12.0. The Morgan fingerprint density at radius 1 is 0.950 bits per heavy atom. The van der Waals surface area contributed by atoms with Crippen molar-refractivity contribution >= 4 is 62.3 Å². The minimum absolute atomic E-state index is 0.0505. The first-order valence-corrected chi connectivity index (χ1v) is 15.0. The number of nitrogens with one attached hydrogen (secondary N) is 1. The summed E-state index contributed by atoms with van der Waals surface area (Å²) in [5, 5.41) is 3.80. The van der Waals surface area contributed by atoms with Crippen molar-refractivity contribution in [3.63, 3.8) is 0 Å². The molecule has 0 spiro atoms. The first-order valence-electron chi connectivity index (χ1n) is 12.4. The standard InChI is InChI=1S/C28H30Cl3N3O5S/c1-4-16-32-28(36)19(2)33(17-24-25(30)6-5-7-26(24)31)27(35)18-34(21-10-8-20(29)9-11-21)40(37,38)23-14-12-22(39-3)13-15-23/h5-15,19H,4,16-18H2,1-3H3,(H,32,36)/t19-/m1/s1. The Kier molecular flexibility index (Phi) is 11.1. The fraction of sp³-hybridized carbons (Fsp3) is 0.286. The molecule has 40 heavy (non-hydrogen) atoms. The third kappa shape index (κ3) is 7.60. The molecular weight excluding hydrogens is 597 g/mol. The van der Waals surface area contributed by atoms with Gasteiger partial charge in [-0.25, -0.2) is 8.42 Å². The summed E-state index contributed by atoms with van der Waals surface area (Å²) in [7, 11) is -2.76. The molecule has 3 rings (SSSR count). The van der Waals surface area contributed by atoms with Crippen LogP contribution in [-0.4, -0.2) is 51.4 Å². The second kappa shape index (κ2) is 14.1. The Labute approximate surface area is 249 Å². The van der Waals surface area contributed by atoms with E-state index in [-0.39, 0.29) is 17.1 Å². The van der Waals surface area contributed by atoms with Crippen molar-refractivity contribution in [3.05, 3.63) is 87.4 Å². The summed E-state index contributed by atoms with van der Waals surface area (Å²) >= 11 is 18.8. The maximum Gasteiger partial charge on any atom is 0.264 e. The average molecular weight is 627 g/mol. The maximum atomic E-state index is 13.9. The number of hydrogen-bond acceptors (Lipinski definition) is 5. The molecule has 0 radical (unpaired) electrons. The Balaban J connectivity index is 2.05. The van der Waals surface area contributed by atoms with E-state index in [4.69, 9.17) is 39.5 Å². The summed E-state index contributed by atoms with van der Waals surface area (Å²) in [6.45, 7) is 3.17. The van der Waals surface area contributed by atoms with Gasteiger partial charge in [-0.05, 0) is 74.0 Å². The van der Waals surface area contributed by atoms with Gasteiger partial charge < -0.3 is 15.0 Å². The molecule has 0 unspecified atom stereocenters. The number of halogens is 3. The van der Waals surface area contributed by atoms with Crippen molar-refractivity contribution in [2.75, 3.05) is 24.5 Å². The van der Waals surface area contributed by atoms with Crippen LogP contribution in [0.3, 0.4) is 0 Å². The molecule has 2 amide bonds. The number of benzene rings is 3. The number of ether oxygens (including phenoxy) is 1. The molecule has 0 aliphatic carbocycles. The zero-order chi connectivity index (χ0) is 29.4. The van der Waals surface area contributed by atoms with Gasteiger partial charge in [0.25, 0.3) is 10.0 Å². The van der Waals surface area contributed by atoms with Crippen LogP contribution in [0.1, 0.15) is 25.8 Å². The van der Waals surface area contributed by atoms with Crippen molar-refractivity contribution in [1.82, 2.24) is 10.2 Å². The van der Waals surface area contributed by atoms with Gasteiger partial charge in [0, 0.05) is 33.7 Å². The van der Waals surface area contributed by atoms with Crippen LogP contribution in [-0.2, 0) is 26.2 Å². The van der Waals surface area contributed by atoms with Gasteiger partial charge in [-0.1, -0.05) is 47.8 Å². The third-order valence-corrected chi connectivity index (χ3v) is 8.90. The SMILES string of the molecule is CCCNC(=O)[C@@H](C)N(Cc1c(Cl)cccc1Cl)C(=O)CN(c1ccc(Cl)cc1)S(=O)(=O)c1ccc(OC)cc1. The van der Waals surface area contributed by atoms with Crippen LogP contribution in [0.2, 0.25) is 15.1 Å². The molecule has 0 aromatic heterocycles. The number of hydrogen-bond donors (Lipinski definition) is 1. The van der Waals surface area contributed by atoms with Gasteiger partial charge in [-0.3, -0.25) is 13.9 Å². The quantitative estimate of drug-likeness (QED) is 0.274. The van der Waals surface area contributed by atoms with E-state index in [0.717, 1.165) is 4.31 Å². The van der Waals surface area contributed by atoms with Gasteiger partial charge in [0.15, 0.2) is 0 Å². The fourth-order valence-electron chi connectivity index (χ4n) is 3.84. The van der Waals surface area contributed by atoms with E-state index in [1.165, 1.54) is 60.5 Å². The van der Waals surface area contributed by atoms with Crippen LogP contribution in [0.15, 0.2) is 71.6 Å². The molecule has 0 heterocycles. The second-order valence-electron chi connectivity index (χ2n) is 8.85. The first kappa shape index (κ1) is 31.5. The number of amides is 2. The third-order valence-electron chi connectivity index (χ3n) is 6.15. The summed E-state index contributed by atoms with van der Waals surface area (Å²) in [6, 6.07) is 15.8. The highest BCUT2D eigenvalue weighted by molar-refractivity contribution is 7.92. The number of sulfonamides is 1. The highest BCUT2D eigenvalue weighted by Crippen LogP contribution is 2.29. The molecule has 12 heteroatoms. The van der Waals surface area contributed by atoms with E-state index in [9.17, 15) is 18.0 Å². The van der Waals surface area contributed by atoms with Gasteiger partial charge in [-0.2, -0.15) is 0 Å².